The molecule has 0 aliphatic heterocycles. The summed E-state index contributed by atoms with van der Waals surface area (Å²) < 4.78 is 40.4. The van der Waals surface area contributed by atoms with Gasteiger partial charge < -0.3 is 15.8 Å². The Labute approximate surface area is 106 Å². The molecule has 0 aromatic heterocycles. The fraction of sp³-hybridized carbons (Fsp3) is 0.273. The SMILES string of the molecule is NC(=O)c1ccccc1OCC(=O)NCC(F)(F)F. The molecule has 0 saturated carbocycles. The molecule has 1 aromatic carbocycles. The van der Waals surface area contributed by atoms with E-state index in [2.05, 4.69) is 0 Å². The van der Waals surface area contributed by atoms with Gasteiger partial charge in [0.25, 0.3) is 11.8 Å². The van der Waals surface area contributed by atoms with Crippen LogP contribution in [0.2, 0.25) is 0 Å². The number of nitrogens with one attached hydrogen (secondary N) is 1. The monoisotopic (exact) mass is 276 g/mol. The predicted octanol–water partition coefficient (Wildman–Crippen LogP) is 0.843. The summed E-state index contributed by atoms with van der Waals surface area (Å²) in [5.41, 5.74) is 5.12. The number of alkyl halides is 3. The van der Waals surface area contributed by atoms with E-state index < -0.39 is 31.1 Å². The minimum atomic E-state index is -4.49. The number of primary amides is 1. The van der Waals surface area contributed by atoms with Gasteiger partial charge in [0, 0.05) is 0 Å². The maximum absolute atomic E-state index is 11.8. The molecule has 0 unspecified atom stereocenters. The Hall–Kier alpha value is -2.25. The van der Waals surface area contributed by atoms with Gasteiger partial charge in [0.2, 0.25) is 0 Å². The van der Waals surface area contributed by atoms with Gasteiger partial charge in [-0.25, -0.2) is 0 Å². The molecule has 0 spiro atoms. The molecular formula is C11H11F3N2O3. The second-order valence-corrected chi connectivity index (χ2v) is 3.54. The maximum Gasteiger partial charge on any atom is 0.405 e. The van der Waals surface area contributed by atoms with Crippen molar-refractivity contribution in [2.75, 3.05) is 13.2 Å². The molecule has 19 heavy (non-hydrogen) atoms. The molecule has 0 radical (unpaired) electrons. The first-order chi connectivity index (χ1) is 8.79. The largest absolute Gasteiger partial charge is 0.483 e. The summed E-state index contributed by atoms with van der Waals surface area (Å²) >= 11 is 0. The number of hydrogen-bond acceptors (Lipinski definition) is 3. The Bertz CT molecular complexity index is 474. The minimum Gasteiger partial charge on any atom is -0.483 e. The Morgan fingerprint density at radius 2 is 1.89 bits per heavy atom. The first-order valence-corrected chi connectivity index (χ1v) is 5.14. The molecule has 0 aliphatic carbocycles. The Balaban J connectivity index is 2.53. The number of amides is 2. The molecule has 0 bridgehead atoms. The van der Waals surface area contributed by atoms with Crippen molar-refractivity contribution in [3.8, 4) is 5.75 Å². The third-order valence-electron chi connectivity index (χ3n) is 2.00. The summed E-state index contributed by atoms with van der Waals surface area (Å²) in [7, 11) is 0. The zero-order valence-corrected chi connectivity index (χ0v) is 9.66. The fourth-order valence-electron chi connectivity index (χ4n) is 1.19. The number of para-hydroxylation sites is 1. The normalized spacial score (nSPS) is 10.9. The summed E-state index contributed by atoms with van der Waals surface area (Å²) in [6, 6.07) is 5.84. The summed E-state index contributed by atoms with van der Waals surface area (Å²) in [6.07, 6.45) is -4.49. The first kappa shape index (κ1) is 14.8. The first-order valence-electron chi connectivity index (χ1n) is 5.14. The van der Waals surface area contributed by atoms with E-state index in [0.29, 0.717) is 0 Å². The van der Waals surface area contributed by atoms with Crippen molar-refractivity contribution in [2.45, 2.75) is 6.18 Å². The second-order valence-electron chi connectivity index (χ2n) is 3.54. The third kappa shape index (κ3) is 5.28. The molecule has 0 fully saturated rings. The van der Waals surface area contributed by atoms with Gasteiger partial charge in [-0.1, -0.05) is 12.1 Å². The third-order valence-corrected chi connectivity index (χ3v) is 2.00. The number of carbonyl (C=O) groups excluding carboxylic acids is 2. The molecule has 0 heterocycles. The lowest BCUT2D eigenvalue weighted by molar-refractivity contribution is -0.139. The zero-order valence-electron chi connectivity index (χ0n) is 9.66. The van der Waals surface area contributed by atoms with Gasteiger partial charge in [0.1, 0.15) is 12.3 Å². The highest BCUT2D eigenvalue weighted by Gasteiger charge is 2.27. The van der Waals surface area contributed by atoms with Gasteiger partial charge in [-0.2, -0.15) is 13.2 Å². The lowest BCUT2D eigenvalue weighted by atomic mass is 10.2. The number of halogens is 3. The second kappa shape index (κ2) is 6.07. The van der Waals surface area contributed by atoms with E-state index in [1.54, 1.807) is 5.32 Å². The molecule has 104 valence electrons. The van der Waals surface area contributed by atoms with E-state index in [1.807, 2.05) is 0 Å². The van der Waals surface area contributed by atoms with Crippen molar-refractivity contribution in [3.63, 3.8) is 0 Å². The number of ether oxygens (including phenoxy) is 1. The number of carbonyl (C=O) groups is 2. The molecule has 5 nitrogen and oxygen atoms in total. The van der Waals surface area contributed by atoms with Crippen LogP contribution in [0.3, 0.4) is 0 Å². The van der Waals surface area contributed by atoms with Crippen LogP contribution in [0.1, 0.15) is 10.4 Å². The summed E-state index contributed by atoms with van der Waals surface area (Å²) in [5.74, 6) is -1.67. The van der Waals surface area contributed by atoms with Gasteiger partial charge in [0.05, 0.1) is 5.56 Å². The summed E-state index contributed by atoms with van der Waals surface area (Å²) in [5, 5.41) is 1.64. The van der Waals surface area contributed by atoms with Crippen LogP contribution in [0, 0.1) is 0 Å². The van der Waals surface area contributed by atoms with Crippen molar-refractivity contribution < 1.29 is 27.5 Å². The minimum absolute atomic E-state index is 0.0390. The van der Waals surface area contributed by atoms with Crippen molar-refractivity contribution in [3.05, 3.63) is 29.8 Å². The summed E-state index contributed by atoms with van der Waals surface area (Å²) in [6.45, 7) is -2.08. The lowest BCUT2D eigenvalue weighted by Crippen LogP contribution is -2.36. The molecular weight excluding hydrogens is 265 g/mol. The number of rotatable bonds is 5. The van der Waals surface area contributed by atoms with Crippen LogP contribution >= 0.6 is 0 Å². The highest BCUT2D eigenvalue weighted by molar-refractivity contribution is 5.95. The fourth-order valence-corrected chi connectivity index (χ4v) is 1.19. The zero-order chi connectivity index (χ0) is 14.5. The Kier molecular flexibility index (Phi) is 4.74. The Morgan fingerprint density at radius 1 is 1.26 bits per heavy atom. The van der Waals surface area contributed by atoms with Gasteiger partial charge in [-0.05, 0) is 12.1 Å². The van der Waals surface area contributed by atoms with Crippen LogP contribution in [0.4, 0.5) is 13.2 Å². The van der Waals surface area contributed by atoms with Gasteiger partial charge in [-0.3, -0.25) is 9.59 Å². The van der Waals surface area contributed by atoms with E-state index in [1.165, 1.54) is 24.3 Å². The van der Waals surface area contributed by atoms with E-state index in [-0.39, 0.29) is 11.3 Å². The average Bonchev–Trinajstić information content (AvgIpc) is 2.33. The van der Waals surface area contributed by atoms with Crippen LogP contribution in [0.25, 0.3) is 0 Å². The standard InChI is InChI=1S/C11H11F3N2O3/c12-11(13,14)6-16-9(17)5-19-8-4-2-1-3-7(8)10(15)18/h1-4H,5-6H2,(H2,15,18)(H,16,17). The molecule has 2 amide bonds. The van der Waals surface area contributed by atoms with Gasteiger partial charge in [-0.15, -0.1) is 0 Å². The smallest absolute Gasteiger partial charge is 0.405 e. The van der Waals surface area contributed by atoms with Crippen LogP contribution < -0.4 is 15.8 Å². The van der Waals surface area contributed by atoms with Gasteiger partial charge >= 0.3 is 6.18 Å². The molecule has 0 aliphatic rings. The number of benzene rings is 1. The predicted molar refractivity (Wildman–Crippen MR) is 59.5 cm³/mol. The molecule has 3 N–H and O–H groups in total. The van der Waals surface area contributed by atoms with Crippen LogP contribution in [-0.4, -0.2) is 31.1 Å². The van der Waals surface area contributed by atoms with Gasteiger partial charge in [0.15, 0.2) is 6.61 Å². The van der Waals surface area contributed by atoms with E-state index in [9.17, 15) is 22.8 Å². The Morgan fingerprint density at radius 3 is 2.47 bits per heavy atom. The molecule has 0 atom stereocenters. The molecule has 0 saturated heterocycles. The van der Waals surface area contributed by atoms with Crippen molar-refractivity contribution >= 4 is 11.8 Å². The molecule has 1 rings (SSSR count). The van der Waals surface area contributed by atoms with Crippen LogP contribution in [-0.2, 0) is 4.79 Å². The van der Waals surface area contributed by atoms with Crippen LogP contribution in [0.15, 0.2) is 24.3 Å². The maximum atomic E-state index is 11.8. The van der Waals surface area contributed by atoms with Crippen molar-refractivity contribution in [1.82, 2.24) is 5.32 Å². The summed E-state index contributed by atoms with van der Waals surface area (Å²) in [4.78, 5) is 22.1. The number of hydrogen-bond donors (Lipinski definition) is 2. The van der Waals surface area contributed by atoms with Crippen LogP contribution in [0.5, 0.6) is 5.75 Å². The van der Waals surface area contributed by atoms with E-state index in [4.69, 9.17) is 10.5 Å². The average molecular weight is 276 g/mol. The number of nitrogens with two attached hydrogens (primary N) is 1. The quantitative estimate of drug-likeness (QED) is 0.836. The van der Waals surface area contributed by atoms with E-state index in [0.717, 1.165) is 0 Å². The van der Waals surface area contributed by atoms with E-state index >= 15 is 0 Å². The topological polar surface area (TPSA) is 81.4 Å². The van der Waals surface area contributed by atoms with Crippen molar-refractivity contribution in [1.29, 1.82) is 0 Å². The molecule has 1 aromatic rings. The highest BCUT2D eigenvalue weighted by atomic mass is 19.4. The highest BCUT2D eigenvalue weighted by Crippen LogP contribution is 2.17. The molecule has 8 heteroatoms. The van der Waals surface area contributed by atoms with Crippen molar-refractivity contribution in [2.24, 2.45) is 5.73 Å². The lowest BCUT2D eigenvalue weighted by Gasteiger charge is -2.10.